The van der Waals surface area contributed by atoms with Gasteiger partial charge in [0.05, 0.1) is 11.9 Å². The topological polar surface area (TPSA) is 68.2 Å². The first-order valence-corrected chi connectivity index (χ1v) is 6.14. The van der Waals surface area contributed by atoms with Gasteiger partial charge in [0, 0.05) is 12.2 Å². The third kappa shape index (κ3) is 2.41. The molecule has 0 saturated carbocycles. The third-order valence-corrected chi connectivity index (χ3v) is 2.90. The average molecular weight is 253 g/mol. The van der Waals surface area contributed by atoms with E-state index < -0.39 is 0 Å². The van der Waals surface area contributed by atoms with Crippen molar-refractivity contribution < 1.29 is 0 Å². The highest BCUT2D eigenvalue weighted by atomic mass is 15.3. The average Bonchev–Trinajstić information content (AvgIpc) is 2.83. The third-order valence-electron chi connectivity index (χ3n) is 2.90. The molecule has 0 unspecified atom stereocenters. The van der Waals surface area contributed by atoms with Gasteiger partial charge in [-0.05, 0) is 31.2 Å². The van der Waals surface area contributed by atoms with E-state index in [2.05, 4.69) is 34.5 Å². The zero-order valence-electron chi connectivity index (χ0n) is 10.7. The fraction of sp³-hybridized carbons (Fsp3) is 0.143. The number of anilines is 2. The Bertz CT molecular complexity index is 699. The highest BCUT2D eigenvalue weighted by Crippen LogP contribution is 2.15. The van der Waals surface area contributed by atoms with E-state index in [1.54, 1.807) is 4.52 Å². The summed E-state index contributed by atoms with van der Waals surface area (Å²) in [6.45, 7) is 2.48. The van der Waals surface area contributed by atoms with E-state index in [-0.39, 0.29) is 0 Å². The normalized spacial score (nSPS) is 10.8. The molecule has 0 fully saturated rings. The molecule has 2 heterocycles. The molecule has 0 aliphatic carbocycles. The molecule has 1 aromatic carbocycles. The highest BCUT2D eigenvalue weighted by Gasteiger charge is 2.02. The lowest BCUT2D eigenvalue weighted by Gasteiger charge is -2.05. The van der Waals surface area contributed by atoms with Gasteiger partial charge in [0.25, 0.3) is 0 Å². The lowest BCUT2D eigenvalue weighted by Crippen LogP contribution is -1.98. The molecule has 0 spiro atoms. The molecule has 0 saturated heterocycles. The van der Waals surface area contributed by atoms with Crippen LogP contribution in [0.15, 0.2) is 42.6 Å². The Morgan fingerprint density at radius 1 is 1.16 bits per heavy atom. The molecule has 0 aliphatic rings. The SMILES string of the molecule is Cc1ccc(Nc2ccc3nc(CN)cn3n2)cc1. The highest BCUT2D eigenvalue weighted by molar-refractivity contribution is 5.57. The van der Waals surface area contributed by atoms with E-state index in [1.807, 2.05) is 30.5 Å². The van der Waals surface area contributed by atoms with Crippen LogP contribution in [-0.2, 0) is 6.54 Å². The second-order valence-corrected chi connectivity index (χ2v) is 4.45. The smallest absolute Gasteiger partial charge is 0.153 e. The van der Waals surface area contributed by atoms with Crippen molar-refractivity contribution in [1.82, 2.24) is 14.6 Å². The summed E-state index contributed by atoms with van der Waals surface area (Å²) in [6, 6.07) is 12.0. The molecule has 2 aromatic heterocycles. The second-order valence-electron chi connectivity index (χ2n) is 4.45. The van der Waals surface area contributed by atoms with Crippen molar-refractivity contribution in [3.8, 4) is 0 Å². The first-order valence-electron chi connectivity index (χ1n) is 6.14. The van der Waals surface area contributed by atoms with Gasteiger partial charge in [-0.1, -0.05) is 17.7 Å². The van der Waals surface area contributed by atoms with Gasteiger partial charge >= 0.3 is 0 Å². The largest absolute Gasteiger partial charge is 0.339 e. The molecule has 0 atom stereocenters. The molecule has 0 amide bonds. The fourth-order valence-electron chi connectivity index (χ4n) is 1.88. The van der Waals surface area contributed by atoms with E-state index in [0.29, 0.717) is 6.54 Å². The van der Waals surface area contributed by atoms with Crippen molar-refractivity contribution in [2.45, 2.75) is 13.5 Å². The van der Waals surface area contributed by atoms with Crippen molar-refractivity contribution in [3.05, 3.63) is 53.9 Å². The summed E-state index contributed by atoms with van der Waals surface area (Å²) >= 11 is 0. The number of fused-ring (bicyclic) bond motifs is 1. The van der Waals surface area contributed by atoms with Crippen molar-refractivity contribution >= 4 is 17.2 Å². The summed E-state index contributed by atoms with van der Waals surface area (Å²) in [4.78, 5) is 4.34. The van der Waals surface area contributed by atoms with Crippen LogP contribution in [0.1, 0.15) is 11.3 Å². The molecule has 3 aromatic rings. The van der Waals surface area contributed by atoms with Gasteiger partial charge in [0.1, 0.15) is 0 Å². The number of aromatic nitrogens is 3. The van der Waals surface area contributed by atoms with E-state index in [0.717, 1.165) is 22.8 Å². The minimum Gasteiger partial charge on any atom is -0.339 e. The number of aryl methyl sites for hydroxylation is 1. The molecule has 3 rings (SSSR count). The van der Waals surface area contributed by atoms with Gasteiger partial charge in [0.2, 0.25) is 0 Å². The Balaban J connectivity index is 1.90. The predicted octanol–water partition coefficient (Wildman–Crippen LogP) is 2.24. The molecule has 96 valence electrons. The Labute approximate surface area is 111 Å². The number of nitrogens with two attached hydrogens (primary N) is 1. The van der Waals surface area contributed by atoms with Gasteiger partial charge in [-0.25, -0.2) is 9.50 Å². The van der Waals surface area contributed by atoms with Crippen molar-refractivity contribution in [1.29, 1.82) is 0 Å². The summed E-state index contributed by atoms with van der Waals surface area (Å²) in [5, 5.41) is 7.71. The van der Waals surface area contributed by atoms with Gasteiger partial charge < -0.3 is 11.1 Å². The lowest BCUT2D eigenvalue weighted by molar-refractivity contribution is 0.934. The van der Waals surface area contributed by atoms with E-state index in [9.17, 15) is 0 Å². The van der Waals surface area contributed by atoms with E-state index in [4.69, 9.17) is 5.73 Å². The van der Waals surface area contributed by atoms with Crippen LogP contribution >= 0.6 is 0 Å². The monoisotopic (exact) mass is 253 g/mol. The van der Waals surface area contributed by atoms with Crippen LogP contribution in [0.2, 0.25) is 0 Å². The maximum atomic E-state index is 5.57. The number of benzene rings is 1. The summed E-state index contributed by atoms with van der Waals surface area (Å²) in [7, 11) is 0. The van der Waals surface area contributed by atoms with Crippen LogP contribution in [0, 0.1) is 6.92 Å². The fourth-order valence-corrected chi connectivity index (χ4v) is 1.88. The van der Waals surface area contributed by atoms with Crippen LogP contribution in [0.25, 0.3) is 5.65 Å². The zero-order valence-corrected chi connectivity index (χ0v) is 10.7. The van der Waals surface area contributed by atoms with E-state index >= 15 is 0 Å². The summed E-state index contributed by atoms with van der Waals surface area (Å²) in [6.07, 6.45) is 1.84. The second kappa shape index (κ2) is 4.70. The molecule has 0 radical (unpaired) electrons. The number of hydrogen-bond donors (Lipinski definition) is 2. The number of nitrogens with zero attached hydrogens (tertiary/aromatic N) is 3. The minimum absolute atomic E-state index is 0.421. The number of hydrogen-bond acceptors (Lipinski definition) is 4. The first-order chi connectivity index (χ1) is 9.24. The van der Waals surface area contributed by atoms with Crippen LogP contribution < -0.4 is 11.1 Å². The molecular weight excluding hydrogens is 238 g/mol. The molecule has 3 N–H and O–H groups in total. The molecular formula is C14H15N5. The predicted molar refractivity (Wildman–Crippen MR) is 75.3 cm³/mol. The summed E-state index contributed by atoms with van der Waals surface area (Å²) < 4.78 is 1.73. The van der Waals surface area contributed by atoms with Crippen LogP contribution in [0.3, 0.4) is 0 Å². The van der Waals surface area contributed by atoms with Crippen LogP contribution in [0.5, 0.6) is 0 Å². The van der Waals surface area contributed by atoms with Crippen LogP contribution in [0.4, 0.5) is 11.5 Å². The Morgan fingerprint density at radius 2 is 1.95 bits per heavy atom. The van der Waals surface area contributed by atoms with Crippen molar-refractivity contribution in [2.75, 3.05) is 5.32 Å². The molecule has 0 bridgehead atoms. The maximum absolute atomic E-state index is 5.57. The molecule has 19 heavy (non-hydrogen) atoms. The van der Waals surface area contributed by atoms with Gasteiger partial charge in [-0.15, -0.1) is 5.10 Å². The summed E-state index contributed by atoms with van der Waals surface area (Å²) in [5.41, 5.74) is 9.45. The molecule has 0 aliphatic heterocycles. The summed E-state index contributed by atoms with van der Waals surface area (Å²) in [5.74, 6) is 0.775. The molecule has 5 nitrogen and oxygen atoms in total. The van der Waals surface area contributed by atoms with Gasteiger partial charge in [0.15, 0.2) is 11.5 Å². The Hall–Kier alpha value is -2.40. The quantitative estimate of drug-likeness (QED) is 0.751. The molecule has 5 heteroatoms. The number of imidazole rings is 1. The number of rotatable bonds is 3. The lowest BCUT2D eigenvalue weighted by atomic mass is 10.2. The standard InChI is InChI=1S/C14H15N5/c1-10-2-4-11(5-3-10)16-13-6-7-14-17-12(8-15)9-19(14)18-13/h2-7,9H,8,15H2,1H3,(H,16,18). The minimum atomic E-state index is 0.421. The maximum Gasteiger partial charge on any atom is 0.153 e. The zero-order chi connectivity index (χ0) is 13.2. The van der Waals surface area contributed by atoms with Crippen molar-refractivity contribution in [2.24, 2.45) is 5.73 Å². The van der Waals surface area contributed by atoms with Crippen LogP contribution in [-0.4, -0.2) is 14.6 Å². The Morgan fingerprint density at radius 3 is 2.68 bits per heavy atom. The Kier molecular flexibility index (Phi) is 2.89. The van der Waals surface area contributed by atoms with Gasteiger partial charge in [-0.2, -0.15) is 0 Å². The first kappa shape index (κ1) is 11.7. The number of nitrogens with one attached hydrogen (secondary N) is 1. The van der Waals surface area contributed by atoms with Gasteiger partial charge in [-0.3, -0.25) is 0 Å². The van der Waals surface area contributed by atoms with Crippen molar-refractivity contribution in [3.63, 3.8) is 0 Å². The van der Waals surface area contributed by atoms with E-state index in [1.165, 1.54) is 5.56 Å².